The fraction of sp³-hybridized carbons (Fsp3) is 0.286. The fourth-order valence-electron chi connectivity index (χ4n) is 1.74. The summed E-state index contributed by atoms with van der Waals surface area (Å²) in [5.41, 5.74) is 0.572. The van der Waals surface area contributed by atoms with Crippen LogP contribution in [0.25, 0.3) is 0 Å². The van der Waals surface area contributed by atoms with Crippen LogP contribution in [0.3, 0.4) is 0 Å². The van der Waals surface area contributed by atoms with Crippen LogP contribution in [0.1, 0.15) is 12.0 Å². The number of nitrogens with one attached hydrogen (secondary N) is 1. The third-order valence-corrected chi connectivity index (χ3v) is 3.80. The Hall–Kier alpha value is -2.49. The van der Waals surface area contributed by atoms with Crippen molar-refractivity contribution >= 4 is 35.0 Å². The molecule has 0 radical (unpaired) electrons. The SMILES string of the molecule is O=C(O)CC1SC(=NN=Cc2cccc(OCC(F)F)c2)NC1=O. The van der Waals surface area contributed by atoms with Gasteiger partial charge in [0.15, 0.2) is 5.17 Å². The number of carbonyl (C=O) groups excluding carboxylic acids is 1. The molecule has 128 valence electrons. The lowest BCUT2D eigenvalue weighted by Gasteiger charge is -2.05. The van der Waals surface area contributed by atoms with Crippen LogP contribution in [-0.4, -0.2) is 46.6 Å². The van der Waals surface area contributed by atoms with Gasteiger partial charge in [-0.1, -0.05) is 23.9 Å². The predicted octanol–water partition coefficient (Wildman–Crippen LogP) is 1.73. The van der Waals surface area contributed by atoms with Gasteiger partial charge in [-0.2, -0.15) is 5.10 Å². The van der Waals surface area contributed by atoms with E-state index in [1.54, 1.807) is 12.1 Å². The van der Waals surface area contributed by atoms with Gasteiger partial charge < -0.3 is 15.2 Å². The zero-order valence-corrected chi connectivity index (χ0v) is 13.0. The number of alkyl halides is 2. The minimum Gasteiger partial charge on any atom is -0.488 e. The van der Waals surface area contributed by atoms with E-state index >= 15 is 0 Å². The maximum atomic E-state index is 12.1. The summed E-state index contributed by atoms with van der Waals surface area (Å²) >= 11 is 0.983. The van der Waals surface area contributed by atoms with Crippen LogP contribution >= 0.6 is 11.8 Å². The van der Waals surface area contributed by atoms with E-state index in [4.69, 9.17) is 9.84 Å². The van der Waals surface area contributed by atoms with Crippen LogP contribution in [0, 0.1) is 0 Å². The first kappa shape index (κ1) is 17.9. The summed E-state index contributed by atoms with van der Waals surface area (Å²) in [4.78, 5) is 22.1. The third kappa shape index (κ3) is 5.61. The highest BCUT2D eigenvalue weighted by atomic mass is 32.2. The maximum absolute atomic E-state index is 12.1. The molecular weight excluding hydrogens is 344 g/mol. The van der Waals surface area contributed by atoms with E-state index in [0.29, 0.717) is 5.56 Å². The quantitative estimate of drug-likeness (QED) is 0.572. The van der Waals surface area contributed by atoms with Gasteiger partial charge in [0.1, 0.15) is 17.6 Å². The number of carboxylic acid groups (broad SMARTS) is 1. The molecule has 1 aromatic rings. The lowest BCUT2D eigenvalue weighted by Crippen LogP contribution is -2.26. The second-order valence-corrected chi connectivity index (χ2v) is 5.81. The van der Waals surface area contributed by atoms with E-state index in [1.165, 1.54) is 18.3 Å². The van der Waals surface area contributed by atoms with Crippen LogP contribution in [0.5, 0.6) is 5.75 Å². The molecule has 1 aliphatic rings. The van der Waals surface area contributed by atoms with Crippen LogP contribution in [0.4, 0.5) is 8.78 Å². The van der Waals surface area contributed by atoms with Crippen molar-refractivity contribution in [3.63, 3.8) is 0 Å². The summed E-state index contributed by atoms with van der Waals surface area (Å²) in [5, 5.41) is 18.2. The van der Waals surface area contributed by atoms with E-state index in [2.05, 4.69) is 15.5 Å². The molecule has 2 N–H and O–H groups in total. The van der Waals surface area contributed by atoms with E-state index < -0.39 is 30.2 Å². The molecule has 10 heteroatoms. The van der Waals surface area contributed by atoms with Gasteiger partial charge in [0.25, 0.3) is 6.43 Å². The first-order valence-electron chi connectivity index (χ1n) is 6.75. The van der Waals surface area contributed by atoms with E-state index in [0.717, 1.165) is 11.8 Å². The number of hydrogen-bond acceptors (Lipinski definition) is 6. The molecule has 1 amide bonds. The lowest BCUT2D eigenvalue weighted by atomic mass is 10.2. The minimum atomic E-state index is -2.56. The Kier molecular flexibility index (Phi) is 6.24. The topological polar surface area (TPSA) is 100 Å². The molecule has 0 aliphatic carbocycles. The van der Waals surface area contributed by atoms with Crippen molar-refractivity contribution in [2.75, 3.05) is 6.61 Å². The summed E-state index contributed by atoms with van der Waals surface area (Å²) in [6.45, 7) is -0.698. The van der Waals surface area contributed by atoms with Gasteiger partial charge in [-0.15, -0.1) is 5.10 Å². The predicted molar refractivity (Wildman–Crippen MR) is 84.7 cm³/mol. The van der Waals surface area contributed by atoms with Gasteiger partial charge in [0.2, 0.25) is 5.91 Å². The van der Waals surface area contributed by atoms with Gasteiger partial charge in [-0.05, 0) is 17.7 Å². The molecule has 1 saturated heterocycles. The van der Waals surface area contributed by atoms with Crippen LogP contribution in [0.2, 0.25) is 0 Å². The molecule has 1 heterocycles. The summed E-state index contributed by atoms with van der Waals surface area (Å²) in [6, 6.07) is 6.34. The molecule has 7 nitrogen and oxygen atoms in total. The molecule has 0 bridgehead atoms. The first-order chi connectivity index (χ1) is 11.4. The number of rotatable bonds is 7. The standard InChI is InChI=1S/C14H13F2N3O4S/c15-11(16)7-23-9-3-1-2-8(4-9)6-17-19-14-18-13(22)10(24-14)5-12(20)21/h1-4,6,10-11H,5,7H2,(H,20,21)(H,18,19,22). The zero-order valence-electron chi connectivity index (χ0n) is 12.2. The van der Waals surface area contributed by atoms with Gasteiger partial charge in [0, 0.05) is 0 Å². The van der Waals surface area contributed by atoms with Crippen molar-refractivity contribution in [3.8, 4) is 5.75 Å². The van der Waals surface area contributed by atoms with Gasteiger partial charge >= 0.3 is 5.97 Å². The number of amides is 1. The summed E-state index contributed by atoms with van der Waals surface area (Å²) in [7, 11) is 0. The van der Waals surface area contributed by atoms with Crippen molar-refractivity contribution in [2.45, 2.75) is 18.1 Å². The molecule has 1 aliphatic heterocycles. The molecule has 0 aromatic heterocycles. The Morgan fingerprint density at radius 2 is 2.29 bits per heavy atom. The number of carboxylic acids is 1. The molecule has 0 saturated carbocycles. The summed E-state index contributed by atoms with van der Waals surface area (Å²) < 4.78 is 29.1. The lowest BCUT2D eigenvalue weighted by molar-refractivity contribution is -0.138. The van der Waals surface area contributed by atoms with Crippen molar-refractivity contribution in [3.05, 3.63) is 29.8 Å². The third-order valence-electron chi connectivity index (χ3n) is 2.73. The highest BCUT2D eigenvalue weighted by Gasteiger charge is 2.32. The number of halogens is 2. The Balaban J connectivity index is 1.95. The van der Waals surface area contributed by atoms with Gasteiger partial charge in [-0.25, -0.2) is 8.78 Å². The molecule has 1 atom stereocenters. The monoisotopic (exact) mass is 357 g/mol. The number of aliphatic carboxylic acids is 1. The number of carbonyl (C=O) groups is 2. The normalized spacial score (nSPS) is 19.2. The van der Waals surface area contributed by atoms with Gasteiger partial charge in [-0.3, -0.25) is 9.59 Å². The molecule has 1 fully saturated rings. The van der Waals surface area contributed by atoms with Crippen molar-refractivity contribution in [1.29, 1.82) is 0 Å². The minimum absolute atomic E-state index is 0.201. The Labute approximate surface area is 139 Å². The number of benzene rings is 1. The first-order valence-corrected chi connectivity index (χ1v) is 7.63. The van der Waals surface area contributed by atoms with Crippen LogP contribution < -0.4 is 10.1 Å². The Morgan fingerprint density at radius 1 is 1.50 bits per heavy atom. The average molecular weight is 357 g/mol. The number of hydrogen-bond donors (Lipinski definition) is 2. The smallest absolute Gasteiger partial charge is 0.305 e. The van der Waals surface area contributed by atoms with Crippen LogP contribution in [-0.2, 0) is 9.59 Å². The highest BCUT2D eigenvalue weighted by Crippen LogP contribution is 2.22. The van der Waals surface area contributed by atoms with Crippen molar-refractivity contribution in [2.24, 2.45) is 10.2 Å². The molecule has 1 unspecified atom stereocenters. The van der Waals surface area contributed by atoms with Crippen LogP contribution in [0.15, 0.2) is 34.5 Å². The Bertz CT molecular complexity index is 682. The summed E-state index contributed by atoms with van der Waals surface area (Å²) in [6.07, 6.45) is -1.50. The highest BCUT2D eigenvalue weighted by molar-refractivity contribution is 8.15. The molecular formula is C14H13F2N3O4S. The number of ether oxygens (including phenoxy) is 1. The second kappa shape index (κ2) is 8.39. The number of amidine groups is 1. The summed E-state index contributed by atoms with van der Waals surface area (Å²) in [5.74, 6) is -1.23. The van der Waals surface area contributed by atoms with E-state index in [1.807, 2.05) is 0 Å². The van der Waals surface area contributed by atoms with Crippen molar-refractivity contribution < 1.29 is 28.2 Å². The largest absolute Gasteiger partial charge is 0.488 e. The van der Waals surface area contributed by atoms with E-state index in [9.17, 15) is 18.4 Å². The molecule has 24 heavy (non-hydrogen) atoms. The molecule has 2 rings (SSSR count). The molecule has 1 aromatic carbocycles. The fourth-order valence-corrected chi connectivity index (χ4v) is 2.65. The number of thioether (sulfide) groups is 1. The van der Waals surface area contributed by atoms with E-state index in [-0.39, 0.29) is 17.3 Å². The maximum Gasteiger partial charge on any atom is 0.305 e. The van der Waals surface area contributed by atoms with Gasteiger partial charge in [0.05, 0.1) is 12.6 Å². The molecule has 0 spiro atoms. The average Bonchev–Trinajstić information content (AvgIpc) is 2.85. The van der Waals surface area contributed by atoms with Crippen molar-refractivity contribution in [1.82, 2.24) is 5.32 Å². The second-order valence-electron chi connectivity index (χ2n) is 4.62. The Morgan fingerprint density at radius 3 is 3.00 bits per heavy atom. The number of nitrogens with zero attached hydrogens (tertiary/aromatic N) is 2. The zero-order chi connectivity index (χ0) is 17.5.